The number of aliphatic carboxylic acids is 2. The lowest BCUT2D eigenvalue weighted by atomic mass is 10.4. The lowest BCUT2D eigenvalue weighted by Gasteiger charge is -2.16. The van der Waals surface area contributed by atoms with E-state index in [0.717, 1.165) is 0 Å². The molecule has 0 aliphatic heterocycles. The molecule has 0 atom stereocenters. The Morgan fingerprint density at radius 1 is 0.950 bits per heavy atom. The Kier molecular flexibility index (Phi) is 7.62. The van der Waals surface area contributed by atoms with Crippen molar-refractivity contribution in [3.8, 4) is 0 Å². The molecule has 13 heteroatoms. The van der Waals surface area contributed by atoms with Gasteiger partial charge in [-0.05, 0) is 0 Å². The van der Waals surface area contributed by atoms with Crippen molar-refractivity contribution in [3.05, 3.63) is 0 Å². The van der Waals surface area contributed by atoms with Gasteiger partial charge in [-0.15, -0.1) is 0 Å². The molecule has 0 saturated carbocycles. The van der Waals surface area contributed by atoms with Crippen LogP contribution < -0.4 is 5.84 Å². The Bertz CT molecular complexity index is 366. The first kappa shape index (κ1) is 20.3. The second-order valence-corrected chi connectivity index (χ2v) is 2.94. The van der Waals surface area contributed by atoms with Crippen molar-refractivity contribution in [3.63, 3.8) is 0 Å². The maximum Gasteiger partial charge on any atom is 0.490 e. The molecule has 7 nitrogen and oxygen atoms in total. The van der Waals surface area contributed by atoms with Gasteiger partial charge < -0.3 is 10.2 Å². The molecule has 0 fully saturated rings. The lowest BCUT2D eigenvalue weighted by Crippen LogP contribution is -2.46. The maximum absolute atomic E-state index is 11.6. The summed E-state index contributed by atoms with van der Waals surface area (Å²) in [6.07, 6.45) is -10.8. The van der Waals surface area contributed by atoms with Gasteiger partial charge in [-0.3, -0.25) is 14.6 Å². The van der Waals surface area contributed by atoms with Gasteiger partial charge in [-0.25, -0.2) is 10.6 Å². The molecule has 0 rings (SSSR count). The Balaban J connectivity index is 0. The maximum atomic E-state index is 11.6. The first-order chi connectivity index (χ1) is 8.69. The largest absolute Gasteiger partial charge is 0.490 e. The molecule has 4 N–H and O–H groups in total. The number of amides is 1. The summed E-state index contributed by atoms with van der Waals surface area (Å²) in [5.74, 6) is -1.69. The fraction of sp³-hybridized carbons (Fsp3) is 0.571. The predicted octanol–water partition coefficient (Wildman–Crippen LogP) is 0.359. The van der Waals surface area contributed by atoms with E-state index < -0.39 is 43.2 Å². The second-order valence-electron chi connectivity index (χ2n) is 2.94. The number of rotatable bonds is 3. The van der Waals surface area contributed by atoms with E-state index in [-0.39, 0.29) is 5.01 Å². The van der Waals surface area contributed by atoms with Crippen LogP contribution in [0.4, 0.5) is 26.3 Å². The van der Waals surface area contributed by atoms with E-state index in [0.29, 0.717) is 0 Å². The number of carboxylic acids is 2. The van der Waals surface area contributed by atoms with Crippen LogP contribution in [-0.4, -0.2) is 52.0 Å². The van der Waals surface area contributed by atoms with Crippen LogP contribution in [0.25, 0.3) is 0 Å². The average molecular weight is 314 g/mol. The van der Waals surface area contributed by atoms with Crippen LogP contribution in [0.1, 0.15) is 6.42 Å². The molecule has 0 aromatic carbocycles. The van der Waals surface area contributed by atoms with Gasteiger partial charge in [0.25, 0.3) is 0 Å². The molecule has 0 saturated heterocycles. The van der Waals surface area contributed by atoms with Gasteiger partial charge >= 0.3 is 30.2 Å². The minimum absolute atomic E-state index is 0.173. The summed E-state index contributed by atoms with van der Waals surface area (Å²) in [5, 5.41) is 15.0. The van der Waals surface area contributed by atoms with Crippen LogP contribution in [0, 0.1) is 0 Å². The van der Waals surface area contributed by atoms with E-state index in [1.54, 1.807) is 0 Å². The smallest absolute Gasteiger partial charge is 0.481 e. The van der Waals surface area contributed by atoms with E-state index in [4.69, 9.17) is 15.0 Å². The van der Waals surface area contributed by atoms with Gasteiger partial charge in [-0.2, -0.15) is 26.3 Å². The van der Waals surface area contributed by atoms with Crippen molar-refractivity contribution in [1.29, 1.82) is 0 Å². The molecule has 118 valence electrons. The first-order valence-electron chi connectivity index (χ1n) is 4.35. The van der Waals surface area contributed by atoms with Gasteiger partial charge in [0.15, 0.2) is 0 Å². The summed E-state index contributed by atoms with van der Waals surface area (Å²) in [6, 6.07) is 0. The number of carbonyl (C=O) groups is 3. The molecule has 0 heterocycles. The topological polar surface area (TPSA) is 121 Å². The van der Waals surface area contributed by atoms with E-state index >= 15 is 0 Å². The summed E-state index contributed by atoms with van der Waals surface area (Å²) in [7, 11) is 0. The van der Waals surface area contributed by atoms with E-state index in [2.05, 4.69) is 5.84 Å². The third-order valence-electron chi connectivity index (χ3n) is 1.31. The van der Waals surface area contributed by atoms with Gasteiger partial charge in [-0.1, -0.05) is 0 Å². The predicted molar refractivity (Wildman–Crippen MR) is 47.9 cm³/mol. The number of hydrazine groups is 1. The molecule has 0 bridgehead atoms. The number of alkyl halides is 6. The number of carbonyl (C=O) groups excluding carboxylic acids is 1. The molecule has 0 radical (unpaired) electrons. The number of nitrogens with two attached hydrogens (primary N) is 1. The summed E-state index contributed by atoms with van der Waals surface area (Å²) in [4.78, 5) is 29.1. The highest BCUT2D eigenvalue weighted by molar-refractivity contribution is 5.81. The second kappa shape index (κ2) is 7.52. The highest BCUT2D eigenvalue weighted by Crippen LogP contribution is 2.16. The minimum Gasteiger partial charge on any atom is -0.481 e. The summed E-state index contributed by atoms with van der Waals surface area (Å²) >= 11 is 0. The summed E-state index contributed by atoms with van der Waals surface area (Å²) in [5.41, 5.74) is 0. The standard InChI is InChI=1S/C5H7F3N2O3.C2HF3O2/c6-5(7,8)4(13)10(9)2-1-3(11)12;3-2(4,5)1(6)7/h1-2,9H2,(H,11,12);(H,6,7). The number of hydrogen-bond acceptors (Lipinski definition) is 4. The highest BCUT2D eigenvalue weighted by Gasteiger charge is 2.41. The zero-order valence-corrected chi connectivity index (χ0v) is 9.33. The number of hydrogen-bond donors (Lipinski definition) is 3. The molecular weight excluding hydrogens is 306 g/mol. The third kappa shape index (κ3) is 9.93. The zero-order chi connectivity index (χ0) is 16.7. The number of nitrogens with zero attached hydrogens (tertiary/aromatic N) is 1. The van der Waals surface area contributed by atoms with Gasteiger partial charge in [0.05, 0.1) is 6.42 Å². The van der Waals surface area contributed by atoms with Crippen LogP contribution in [0.2, 0.25) is 0 Å². The number of carboxylic acid groups (broad SMARTS) is 2. The van der Waals surface area contributed by atoms with Crippen LogP contribution in [0.5, 0.6) is 0 Å². The van der Waals surface area contributed by atoms with Crippen LogP contribution in [0.15, 0.2) is 0 Å². The monoisotopic (exact) mass is 314 g/mol. The molecule has 0 aromatic rings. The zero-order valence-electron chi connectivity index (χ0n) is 9.33. The summed E-state index contributed by atoms with van der Waals surface area (Å²) < 4.78 is 66.6. The molecule has 0 aromatic heterocycles. The van der Waals surface area contributed by atoms with Gasteiger partial charge in [0.2, 0.25) is 0 Å². The fourth-order valence-electron chi connectivity index (χ4n) is 0.480. The van der Waals surface area contributed by atoms with Crippen molar-refractivity contribution in [2.24, 2.45) is 5.84 Å². The Morgan fingerprint density at radius 2 is 1.30 bits per heavy atom. The molecule has 1 amide bonds. The van der Waals surface area contributed by atoms with E-state index in [1.165, 1.54) is 0 Å². The van der Waals surface area contributed by atoms with Crippen LogP contribution >= 0.6 is 0 Å². The van der Waals surface area contributed by atoms with Crippen LogP contribution in [-0.2, 0) is 14.4 Å². The van der Waals surface area contributed by atoms with Crippen molar-refractivity contribution in [2.75, 3.05) is 6.54 Å². The molecule has 0 unspecified atom stereocenters. The van der Waals surface area contributed by atoms with Gasteiger partial charge in [0, 0.05) is 6.54 Å². The molecule has 0 aliphatic rings. The molecule has 0 aliphatic carbocycles. The lowest BCUT2D eigenvalue weighted by molar-refractivity contribution is -0.192. The molecule has 0 spiro atoms. The third-order valence-corrected chi connectivity index (χ3v) is 1.31. The number of halogens is 6. The van der Waals surface area contributed by atoms with Crippen LogP contribution in [0.3, 0.4) is 0 Å². The molecular formula is C7H8F6N2O5. The minimum atomic E-state index is -5.08. The van der Waals surface area contributed by atoms with Crippen molar-refractivity contribution in [2.45, 2.75) is 18.8 Å². The highest BCUT2D eigenvalue weighted by atomic mass is 19.4. The fourth-order valence-corrected chi connectivity index (χ4v) is 0.480. The van der Waals surface area contributed by atoms with Crippen molar-refractivity contribution >= 4 is 17.8 Å². The first-order valence-corrected chi connectivity index (χ1v) is 4.35. The molecule has 20 heavy (non-hydrogen) atoms. The van der Waals surface area contributed by atoms with E-state index in [9.17, 15) is 35.9 Å². The average Bonchev–Trinajstić information content (AvgIpc) is 2.22. The van der Waals surface area contributed by atoms with E-state index in [1.807, 2.05) is 0 Å². The Morgan fingerprint density at radius 3 is 1.50 bits per heavy atom. The van der Waals surface area contributed by atoms with Gasteiger partial charge in [0.1, 0.15) is 0 Å². The Hall–Kier alpha value is -2.05. The van der Waals surface area contributed by atoms with Crippen molar-refractivity contribution < 1.29 is 50.9 Å². The normalized spacial score (nSPS) is 11.2. The van der Waals surface area contributed by atoms with Crippen molar-refractivity contribution in [1.82, 2.24) is 5.01 Å². The summed E-state index contributed by atoms with van der Waals surface area (Å²) in [6.45, 7) is -0.673. The Labute approximate surface area is 106 Å². The SMILES string of the molecule is NN(CCC(=O)O)C(=O)C(F)(F)F.O=C(O)C(F)(F)F. The quantitative estimate of drug-likeness (QED) is 0.299.